The quantitative estimate of drug-likeness (QED) is 0.293. The van der Waals surface area contributed by atoms with Crippen molar-refractivity contribution in [2.24, 2.45) is 5.41 Å². The van der Waals surface area contributed by atoms with Crippen molar-refractivity contribution in [3.8, 4) is 0 Å². The molecule has 60 valence electrons. The smallest absolute Gasteiger partial charge is 0.325 e. The molecule has 0 bridgehead atoms. The molecule has 0 amide bonds. The Bertz CT molecular complexity index is 223. The summed E-state index contributed by atoms with van der Waals surface area (Å²) in [5.74, 6) is -2.18. The van der Waals surface area contributed by atoms with E-state index in [1.807, 2.05) is 0 Å². The van der Waals surface area contributed by atoms with Gasteiger partial charge in [-0.25, -0.2) is 0 Å². The van der Waals surface area contributed by atoms with Crippen molar-refractivity contribution >= 4 is 11.9 Å². The van der Waals surface area contributed by atoms with E-state index >= 15 is 0 Å². The third-order valence-electron chi connectivity index (χ3n) is 1.45. The van der Waals surface area contributed by atoms with Gasteiger partial charge in [0.1, 0.15) is 5.41 Å². The highest BCUT2D eigenvalue weighted by Crippen LogP contribution is 2.35. The molecule has 0 spiro atoms. The summed E-state index contributed by atoms with van der Waals surface area (Å²) in [5.41, 5.74) is -1.55. The molecule has 0 saturated carbocycles. The minimum atomic E-state index is -1.55. The fraction of sp³-hybridized carbons (Fsp3) is 0.429. The lowest BCUT2D eigenvalue weighted by atomic mass is 10.1. The van der Waals surface area contributed by atoms with Crippen molar-refractivity contribution < 1.29 is 19.4 Å². The Hall–Kier alpha value is -1.32. The zero-order chi connectivity index (χ0) is 8.48. The Labute approximate surface area is 63.5 Å². The number of carboxylic acids is 1. The second-order valence-electron chi connectivity index (χ2n) is 2.21. The third kappa shape index (κ3) is 1.11. The lowest BCUT2D eigenvalue weighted by Crippen LogP contribution is -2.40. The van der Waals surface area contributed by atoms with Crippen molar-refractivity contribution in [2.75, 3.05) is 6.61 Å². The molecular formula is C7H7O4-. The van der Waals surface area contributed by atoms with Crippen LogP contribution in [0.1, 0.15) is 6.92 Å². The van der Waals surface area contributed by atoms with Gasteiger partial charge in [-0.15, -0.1) is 0 Å². The van der Waals surface area contributed by atoms with E-state index in [1.165, 1.54) is 12.2 Å². The Kier molecular flexibility index (Phi) is 1.68. The maximum Gasteiger partial charge on any atom is 0.325 e. The molecule has 4 nitrogen and oxygen atoms in total. The van der Waals surface area contributed by atoms with Crippen LogP contribution in [0.5, 0.6) is 0 Å². The first kappa shape index (κ1) is 7.78. The minimum Gasteiger partial charge on any atom is -0.548 e. The fourth-order valence-electron chi connectivity index (χ4n) is 0.689. The van der Waals surface area contributed by atoms with Crippen LogP contribution in [0.4, 0.5) is 0 Å². The minimum absolute atomic E-state index is 0.176. The van der Waals surface area contributed by atoms with E-state index < -0.39 is 17.4 Å². The first-order valence-corrected chi connectivity index (χ1v) is 3.22. The number of carbonyl (C=O) groups excluding carboxylic acids is 2. The second-order valence-corrected chi connectivity index (χ2v) is 2.21. The van der Waals surface area contributed by atoms with Gasteiger partial charge in [-0.05, 0) is 6.92 Å². The lowest BCUT2D eigenvalue weighted by Gasteiger charge is -2.14. The van der Waals surface area contributed by atoms with Gasteiger partial charge in [-0.3, -0.25) is 4.79 Å². The lowest BCUT2D eigenvalue weighted by molar-refractivity contribution is -0.311. The van der Waals surface area contributed by atoms with Gasteiger partial charge in [0.05, 0.1) is 12.6 Å². The monoisotopic (exact) mass is 155 g/mol. The summed E-state index contributed by atoms with van der Waals surface area (Å²) < 4.78 is 4.51. The summed E-state index contributed by atoms with van der Waals surface area (Å²) in [4.78, 5) is 21.2. The maximum absolute atomic E-state index is 10.9. The van der Waals surface area contributed by atoms with Gasteiger partial charge >= 0.3 is 5.97 Å². The standard InChI is InChI=1S/C7H8O4/c1-2-11-6(10)7(3-4-7)5(8)9/h3-4H,2H2,1H3,(H,8,9)/p-1. The molecule has 1 aliphatic rings. The van der Waals surface area contributed by atoms with E-state index in [4.69, 9.17) is 0 Å². The van der Waals surface area contributed by atoms with Crippen molar-refractivity contribution in [1.82, 2.24) is 0 Å². The molecule has 1 rings (SSSR count). The van der Waals surface area contributed by atoms with Gasteiger partial charge in [-0.2, -0.15) is 0 Å². The van der Waals surface area contributed by atoms with Gasteiger partial charge in [0.25, 0.3) is 0 Å². The average molecular weight is 155 g/mol. The summed E-state index contributed by atoms with van der Waals surface area (Å²) >= 11 is 0. The average Bonchev–Trinajstić information content (AvgIpc) is 2.66. The van der Waals surface area contributed by atoms with Gasteiger partial charge in [0, 0.05) is 0 Å². The van der Waals surface area contributed by atoms with E-state index in [0.29, 0.717) is 0 Å². The van der Waals surface area contributed by atoms with Crippen molar-refractivity contribution in [2.45, 2.75) is 6.92 Å². The predicted octanol–water partition coefficient (Wildman–Crippen LogP) is -1.14. The zero-order valence-electron chi connectivity index (χ0n) is 5.99. The molecule has 0 saturated heterocycles. The molecule has 0 aromatic rings. The van der Waals surface area contributed by atoms with Crippen LogP contribution in [-0.4, -0.2) is 18.5 Å². The van der Waals surface area contributed by atoms with Crippen molar-refractivity contribution in [3.63, 3.8) is 0 Å². The number of carbonyl (C=O) groups is 2. The van der Waals surface area contributed by atoms with Crippen LogP contribution in [-0.2, 0) is 14.3 Å². The summed E-state index contributed by atoms with van der Waals surface area (Å²) in [6.45, 7) is 1.79. The van der Waals surface area contributed by atoms with Crippen LogP contribution in [0.2, 0.25) is 0 Å². The summed E-state index contributed by atoms with van der Waals surface area (Å²) in [6, 6.07) is 0. The first-order valence-electron chi connectivity index (χ1n) is 3.22. The molecule has 0 aromatic heterocycles. The number of carboxylic acid groups (broad SMARTS) is 1. The van der Waals surface area contributed by atoms with Gasteiger partial charge in [0.15, 0.2) is 0 Å². The van der Waals surface area contributed by atoms with Crippen LogP contribution >= 0.6 is 0 Å². The number of rotatable bonds is 3. The molecule has 4 heteroatoms. The summed E-state index contributed by atoms with van der Waals surface area (Å²) in [7, 11) is 0. The number of hydrogen-bond acceptors (Lipinski definition) is 4. The van der Waals surface area contributed by atoms with Crippen LogP contribution in [0.15, 0.2) is 12.2 Å². The zero-order valence-corrected chi connectivity index (χ0v) is 5.99. The molecule has 0 unspecified atom stereocenters. The Balaban J connectivity index is 2.59. The highest BCUT2D eigenvalue weighted by molar-refractivity contribution is 6.07. The van der Waals surface area contributed by atoms with Gasteiger partial charge in [-0.1, -0.05) is 12.2 Å². The third-order valence-corrected chi connectivity index (χ3v) is 1.45. The molecule has 0 aromatic carbocycles. The molecule has 0 aliphatic heterocycles. The van der Waals surface area contributed by atoms with E-state index in [9.17, 15) is 14.7 Å². The van der Waals surface area contributed by atoms with E-state index in [-0.39, 0.29) is 6.61 Å². The maximum atomic E-state index is 10.9. The summed E-state index contributed by atoms with van der Waals surface area (Å²) in [5, 5.41) is 10.3. The summed E-state index contributed by atoms with van der Waals surface area (Å²) in [6.07, 6.45) is 2.50. The van der Waals surface area contributed by atoms with Crippen LogP contribution in [0, 0.1) is 5.41 Å². The van der Waals surface area contributed by atoms with Crippen LogP contribution < -0.4 is 5.11 Å². The molecule has 0 heterocycles. The first-order chi connectivity index (χ1) is 5.13. The Morgan fingerprint density at radius 2 is 2.09 bits per heavy atom. The number of esters is 1. The second kappa shape index (κ2) is 2.38. The highest BCUT2D eigenvalue weighted by atomic mass is 16.5. The van der Waals surface area contributed by atoms with Crippen molar-refractivity contribution in [3.05, 3.63) is 12.2 Å². The number of aliphatic carboxylic acids is 1. The molecule has 0 radical (unpaired) electrons. The molecule has 0 atom stereocenters. The molecular weight excluding hydrogens is 148 g/mol. The normalized spacial score (nSPS) is 17.5. The Morgan fingerprint density at radius 1 is 1.55 bits per heavy atom. The fourth-order valence-corrected chi connectivity index (χ4v) is 0.689. The largest absolute Gasteiger partial charge is 0.548 e. The predicted molar refractivity (Wildman–Crippen MR) is 33.2 cm³/mol. The SMILES string of the molecule is CCOC(=O)C1(C(=O)[O-])C=C1. The molecule has 11 heavy (non-hydrogen) atoms. The Morgan fingerprint density at radius 3 is 2.36 bits per heavy atom. The van der Waals surface area contributed by atoms with Crippen LogP contribution in [0.25, 0.3) is 0 Å². The highest BCUT2D eigenvalue weighted by Gasteiger charge is 2.45. The topological polar surface area (TPSA) is 66.4 Å². The van der Waals surface area contributed by atoms with Crippen molar-refractivity contribution in [1.29, 1.82) is 0 Å². The van der Waals surface area contributed by atoms with E-state index in [0.717, 1.165) is 0 Å². The molecule has 0 fully saturated rings. The van der Waals surface area contributed by atoms with E-state index in [1.54, 1.807) is 6.92 Å². The van der Waals surface area contributed by atoms with Gasteiger partial charge < -0.3 is 14.6 Å². The van der Waals surface area contributed by atoms with Crippen LogP contribution in [0.3, 0.4) is 0 Å². The van der Waals surface area contributed by atoms with E-state index in [2.05, 4.69) is 4.74 Å². The molecule has 0 N–H and O–H groups in total. The number of hydrogen-bond donors (Lipinski definition) is 0. The van der Waals surface area contributed by atoms with Gasteiger partial charge in [0.2, 0.25) is 0 Å². The molecule has 1 aliphatic carbocycles. The number of ether oxygens (including phenoxy) is 1.